The molecule has 1 heterocycles. The maximum atomic E-state index is 9.31. The van der Waals surface area contributed by atoms with Gasteiger partial charge in [-0.25, -0.2) is 0 Å². The van der Waals surface area contributed by atoms with Crippen molar-refractivity contribution in [1.29, 1.82) is 0 Å². The maximum Gasteiger partial charge on any atom is 1.00 e. The van der Waals surface area contributed by atoms with Crippen LogP contribution in [0.3, 0.4) is 0 Å². The number of benzene rings is 1. The molecule has 0 aliphatic rings. The van der Waals surface area contributed by atoms with Gasteiger partial charge in [0, 0.05) is 11.6 Å². The van der Waals surface area contributed by atoms with Gasteiger partial charge in [-0.3, -0.25) is 4.98 Å². The van der Waals surface area contributed by atoms with E-state index in [1.54, 1.807) is 18.3 Å². The van der Waals surface area contributed by atoms with Crippen LogP contribution >= 0.6 is 0 Å². The molecule has 2 aromatic rings. The molecule has 0 spiro atoms. The molecular formula is C9H8NNaO. The maximum absolute atomic E-state index is 9.31. The first-order chi connectivity index (χ1) is 5.38. The van der Waals surface area contributed by atoms with Gasteiger partial charge in [-0.1, -0.05) is 18.2 Å². The van der Waals surface area contributed by atoms with E-state index in [0.29, 0.717) is 5.52 Å². The van der Waals surface area contributed by atoms with Crippen LogP contribution in [0.4, 0.5) is 0 Å². The number of rotatable bonds is 0. The summed E-state index contributed by atoms with van der Waals surface area (Å²) in [4.78, 5) is 4.03. The Labute approximate surface area is 94.0 Å². The quantitative estimate of drug-likeness (QED) is 0.516. The average Bonchev–Trinajstić information content (AvgIpc) is 2.06. The van der Waals surface area contributed by atoms with Gasteiger partial charge in [-0.2, -0.15) is 0 Å². The second kappa shape index (κ2) is 3.90. The molecule has 56 valence electrons. The smallest absolute Gasteiger partial charge is 1.00 e. The minimum absolute atomic E-state index is 0. The molecule has 0 aliphatic heterocycles. The molecular weight excluding hydrogens is 161 g/mol. The van der Waals surface area contributed by atoms with E-state index < -0.39 is 0 Å². The van der Waals surface area contributed by atoms with Crippen LogP contribution in [0.15, 0.2) is 36.5 Å². The third kappa shape index (κ3) is 1.61. The molecule has 0 atom stereocenters. The number of fused-ring (bicyclic) bond motifs is 1. The summed E-state index contributed by atoms with van der Waals surface area (Å²) in [5, 5.41) is 10.3. The van der Waals surface area contributed by atoms with Crippen LogP contribution in [-0.2, 0) is 0 Å². The van der Waals surface area contributed by atoms with E-state index in [1.807, 2.05) is 18.2 Å². The van der Waals surface area contributed by atoms with Gasteiger partial charge in [-0.05, 0) is 12.1 Å². The van der Waals surface area contributed by atoms with Crippen molar-refractivity contribution >= 4 is 10.9 Å². The van der Waals surface area contributed by atoms with Gasteiger partial charge < -0.3 is 6.53 Å². The third-order valence-corrected chi connectivity index (χ3v) is 1.61. The number of hydrogen-bond donors (Lipinski definition) is 1. The zero-order valence-electron chi connectivity index (χ0n) is 7.86. The van der Waals surface area contributed by atoms with Crippen LogP contribution in [0, 0.1) is 0 Å². The minimum Gasteiger partial charge on any atom is -1.00 e. The second-order valence-corrected chi connectivity index (χ2v) is 2.35. The van der Waals surface area contributed by atoms with E-state index in [4.69, 9.17) is 0 Å². The average molecular weight is 169 g/mol. The molecule has 0 bridgehead atoms. The normalized spacial score (nSPS) is 9.33. The Bertz CT molecular complexity index is 389. The SMILES string of the molecule is Oc1cccc2cccnc12.[H-].[Na+]. The Morgan fingerprint density at radius 3 is 2.67 bits per heavy atom. The van der Waals surface area contributed by atoms with Gasteiger partial charge in [0.05, 0.1) is 0 Å². The summed E-state index contributed by atoms with van der Waals surface area (Å²) in [6, 6.07) is 9.13. The van der Waals surface area contributed by atoms with Crippen molar-refractivity contribution in [3.05, 3.63) is 36.5 Å². The summed E-state index contributed by atoms with van der Waals surface area (Å²) in [5.41, 5.74) is 0.662. The molecule has 0 unspecified atom stereocenters. The largest absolute Gasteiger partial charge is 1.00 e. The number of aromatic hydroxyl groups is 1. The fourth-order valence-electron chi connectivity index (χ4n) is 1.09. The van der Waals surface area contributed by atoms with Crippen molar-refractivity contribution in [2.24, 2.45) is 0 Å². The number of phenols is 1. The number of hydrogen-bond acceptors (Lipinski definition) is 2. The van der Waals surface area contributed by atoms with E-state index in [-0.39, 0.29) is 36.7 Å². The first kappa shape index (κ1) is 9.52. The Morgan fingerprint density at radius 1 is 1.17 bits per heavy atom. The Morgan fingerprint density at radius 2 is 1.92 bits per heavy atom. The van der Waals surface area contributed by atoms with E-state index in [1.165, 1.54) is 0 Å². The summed E-state index contributed by atoms with van der Waals surface area (Å²) in [5.74, 6) is 0.239. The minimum atomic E-state index is 0. The molecule has 0 amide bonds. The topological polar surface area (TPSA) is 33.1 Å². The summed E-state index contributed by atoms with van der Waals surface area (Å²) in [7, 11) is 0. The molecule has 0 saturated carbocycles. The summed E-state index contributed by atoms with van der Waals surface area (Å²) >= 11 is 0. The molecule has 0 aliphatic carbocycles. The third-order valence-electron chi connectivity index (χ3n) is 1.61. The molecule has 0 radical (unpaired) electrons. The Kier molecular flexibility index (Phi) is 3.09. The predicted octanol–water partition coefficient (Wildman–Crippen LogP) is -0.943. The van der Waals surface area contributed by atoms with Crippen LogP contribution in [0.5, 0.6) is 5.75 Å². The zero-order chi connectivity index (χ0) is 7.68. The van der Waals surface area contributed by atoms with Crippen molar-refractivity contribution in [2.75, 3.05) is 0 Å². The van der Waals surface area contributed by atoms with Crippen molar-refractivity contribution in [2.45, 2.75) is 0 Å². The molecule has 0 saturated heterocycles. The second-order valence-electron chi connectivity index (χ2n) is 2.35. The first-order valence-corrected chi connectivity index (χ1v) is 3.40. The molecule has 2 rings (SSSR count). The molecule has 1 N–H and O–H groups in total. The van der Waals surface area contributed by atoms with Crippen LogP contribution in [-0.4, -0.2) is 10.1 Å². The van der Waals surface area contributed by atoms with Crippen LogP contribution in [0.1, 0.15) is 1.43 Å². The molecule has 2 nitrogen and oxygen atoms in total. The number of phenolic OH excluding ortho intramolecular Hbond substituents is 1. The van der Waals surface area contributed by atoms with Gasteiger partial charge in [0.2, 0.25) is 0 Å². The summed E-state index contributed by atoms with van der Waals surface area (Å²) in [6.07, 6.45) is 1.67. The number of aromatic nitrogens is 1. The van der Waals surface area contributed by atoms with Crippen molar-refractivity contribution in [3.63, 3.8) is 0 Å². The van der Waals surface area contributed by atoms with E-state index in [0.717, 1.165) is 5.39 Å². The summed E-state index contributed by atoms with van der Waals surface area (Å²) < 4.78 is 0. The number of nitrogens with zero attached hydrogens (tertiary/aromatic N) is 1. The van der Waals surface area contributed by atoms with Crippen LogP contribution < -0.4 is 29.6 Å². The molecule has 0 fully saturated rings. The summed E-state index contributed by atoms with van der Waals surface area (Å²) in [6.45, 7) is 0. The van der Waals surface area contributed by atoms with Gasteiger partial charge in [0.15, 0.2) is 0 Å². The Hall–Kier alpha value is -0.570. The van der Waals surface area contributed by atoms with Gasteiger partial charge in [0.1, 0.15) is 11.3 Å². The Balaban J connectivity index is 0.000000720. The van der Waals surface area contributed by atoms with E-state index in [2.05, 4.69) is 4.98 Å². The van der Waals surface area contributed by atoms with Crippen molar-refractivity contribution in [1.82, 2.24) is 4.98 Å². The molecule has 3 heteroatoms. The van der Waals surface area contributed by atoms with Crippen molar-refractivity contribution < 1.29 is 36.1 Å². The van der Waals surface area contributed by atoms with Gasteiger partial charge in [-0.15, -0.1) is 0 Å². The number of para-hydroxylation sites is 1. The van der Waals surface area contributed by atoms with E-state index in [9.17, 15) is 5.11 Å². The fraction of sp³-hybridized carbons (Fsp3) is 0. The fourth-order valence-corrected chi connectivity index (χ4v) is 1.09. The predicted molar refractivity (Wildman–Crippen MR) is 44.5 cm³/mol. The zero-order valence-corrected chi connectivity index (χ0v) is 8.86. The first-order valence-electron chi connectivity index (χ1n) is 3.40. The van der Waals surface area contributed by atoms with Gasteiger partial charge >= 0.3 is 29.6 Å². The van der Waals surface area contributed by atoms with Crippen LogP contribution in [0.2, 0.25) is 0 Å². The van der Waals surface area contributed by atoms with Gasteiger partial charge in [0.25, 0.3) is 0 Å². The van der Waals surface area contributed by atoms with Crippen LogP contribution in [0.25, 0.3) is 10.9 Å². The molecule has 1 aromatic heterocycles. The van der Waals surface area contributed by atoms with Crippen molar-refractivity contribution in [3.8, 4) is 5.75 Å². The standard InChI is InChI=1S/C9H7NO.Na.H/c11-8-5-1-3-7-4-2-6-10-9(7)8;;/h1-6,11H;;/q;+1;-1. The number of pyridine rings is 1. The molecule has 12 heavy (non-hydrogen) atoms. The molecule has 1 aromatic carbocycles. The van der Waals surface area contributed by atoms with E-state index >= 15 is 0 Å². The monoisotopic (exact) mass is 169 g/mol.